The van der Waals surface area contributed by atoms with Crippen molar-refractivity contribution in [2.45, 2.75) is 9.79 Å². The Morgan fingerprint density at radius 2 is 1.38 bits per heavy atom. The first-order valence-corrected chi connectivity index (χ1v) is 6.74. The molecule has 6 nitrogen and oxygen atoms in total. The first-order valence-electron chi connectivity index (χ1n) is 5.85. The number of carbonyl (C=O) groups is 2. The molecule has 0 heterocycles. The summed E-state index contributed by atoms with van der Waals surface area (Å²) < 4.78 is 0. The van der Waals surface area contributed by atoms with Gasteiger partial charge in [-0.3, -0.25) is 19.7 Å². The number of nitro benzene ring substituents is 1. The molecule has 0 aliphatic carbocycles. The molecule has 0 amide bonds. The molecule has 0 aromatic heterocycles. The molecule has 0 fully saturated rings. The first-order chi connectivity index (χ1) is 10.4. The van der Waals surface area contributed by atoms with E-state index in [0.717, 1.165) is 6.29 Å². The fourth-order valence-electron chi connectivity index (χ4n) is 1.41. The van der Waals surface area contributed by atoms with Gasteiger partial charge in [0.15, 0.2) is 0 Å². The van der Waals surface area contributed by atoms with Gasteiger partial charge in [0.05, 0.1) is 9.82 Å². The summed E-state index contributed by atoms with van der Waals surface area (Å²) in [5, 5.41) is 10.3. The van der Waals surface area contributed by atoms with Gasteiger partial charge in [-0.25, -0.2) is 0 Å². The van der Waals surface area contributed by atoms with Crippen LogP contribution in [0.2, 0.25) is 0 Å². The standard InChI is InChI=1S/C7H5NO3S.C7H7NOS.2Zn/c9-4-5-1-2-7(12)6(3-5)8(10)11;8-6-3-5(4-9)1-2-7(6)10;;/h1-4,12H;1-4,10H,8H2;;. The molecule has 0 aliphatic rings. The van der Waals surface area contributed by atoms with Crippen LogP contribution in [0.15, 0.2) is 46.2 Å². The van der Waals surface area contributed by atoms with E-state index < -0.39 is 4.92 Å². The summed E-state index contributed by atoms with van der Waals surface area (Å²) in [6, 6.07) is 9.05. The van der Waals surface area contributed by atoms with Crippen LogP contribution in [0.3, 0.4) is 0 Å². The summed E-state index contributed by atoms with van der Waals surface area (Å²) in [6.45, 7) is 0. The summed E-state index contributed by atoms with van der Waals surface area (Å²) in [4.78, 5) is 31.1. The molecule has 0 saturated heterocycles. The van der Waals surface area contributed by atoms with Crippen LogP contribution in [0.5, 0.6) is 0 Å². The van der Waals surface area contributed by atoms with E-state index in [9.17, 15) is 19.7 Å². The Hall–Kier alpha value is -1.07. The Morgan fingerprint density at radius 3 is 1.79 bits per heavy atom. The molecule has 0 aliphatic heterocycles. The van der Waals surface area contributed by atoms with Gasteiger partial charge in [0.25, 0.3) is 5.69 Å². The van der Waals surface area contributed by atoms with Crippen molar-refractivity contribution in [1.29, 1.82) is 0 Å². The summed E-state index contributed by atoms with van der Waals surface area (Å²) in [6.07, 6.45) is 1.31. The van der Waals surface area contributed by atoms with E-state index in [2.05, 4.69) is 25.3 Å². The zero-order valence-corrected chi connectivity index (χ0v) is 20.3. The average molecular weight is 467 g/mol. The van der Waals surface area contributed by atoms with Crippen LogP contribution in [0, 0.1) is 10.1 Å². The number of benzene rings is 2. The second-order valence-electron chi connectivity index (χ2n) is 4.06. The van der Waals surface area contributed by atoms with E-state index in [1.165, 1.54) is 18.2 Å². The second kappa shape index (κ2) is 12.3. The third kappa shape index (κ3) is 7.66. The van der Waals surface area contributed by atoms with Crippen molar-refractivity contribution >= 4 is 49.2 Å². The number of nitrogens with zero attached hydrogens (tertiary/aromatic N) is 1. The minimum atomic E-state index is -0.574. The van der Waals surface area contributed by atoms with E-state index in [-0.39, 0.29) is 55.1 Å². The minimum absolute atomic E-state index is 0. The van der Waals surface area contributed by atoms with Crippen LogP contribution >= 0.6 is 25.3 Å². The van der Waals surface area contributed by atoms with Crippen molar-refractivity contribution in [2.75, 3.05) is 5.73 Å². The van der Waals surface area contributed by atoms with Gasteiger partial charge in [0, 0.05) is 66.7 Å². The molecular weight excluding hydrogens is 455 g/mol. The van der Waals surface area contributed by atoms with Gasteiger partial charge in [-0.05, 0) is 18.2 Å². The number of hydrogen-bond acceptors (Lipinski definition) is 7. The molecule has 2 aromatic carbocycles. The van der Waals surface area contributed by atoms with Crippen molar-refractivity contribution in [2.24, 2.45) is 0 Å². The van der Waals surface area contributed by atoms with E-state index in [4.69, 9.17) is 5.73 Å². The van der Waals surface area contributed by atoms with E-state index >= 15 is 0 Å². The van der Waals surface area contributed by atoms with Crippen LogP contribution in [0.1, 0.15) is 20.7 Å². The number of carbonyl (C=O) groups excluding carboxylic acids is 2. The van der Waals surface area contributed by atoms with E-state index in [1.54, 1.807) is 18.2 Å². The van der Waals surface area contributed by atoms with Gasteiger partial charge in [-0.2, -0.15) is 0 Å². The SMILES string of the molecule is Nc1cc(C=O)ccc1S.O=Cc1ccc(S)c([N+](=O)[O-])c1.[Zn].[Zn]. The maximum Gasteiger partial charge on any atom is 0.283 e. The third-order valence-corrected chi connectivity index (χ3v) is 3.31. The largest absolute Gasteiger partial charge is 0.398 e. The smallest absolute Gasteiger partial charge is 0.283 e. The predicted molar refractivity (Wildman–Crippen MR) is 89.2 cm³/mol. The molecule has 0 saturated carbocycles. The zero-order chi connectivity index (χ0) is 16.7. The van der Waals surface area contributed by atoms with E-state index in [0.29, 0.717) is 22.4 Å². The number of aldehydes is 2. The molecule has 2 aromatic rings. The van der Waals surface area contributed by atoms with Gasteiger partial charge < -0.3 is 5.73 Å². The molecular formula is C14H12N2O4S2Zn2. The van der Waals surface area contributed by atoms with Crippen LogP contribution in [0.4, 0.5) is 11.4 Å². The molecule has 0 bridgehead atoms. The molecule has 2 N–H and O–H groups in total. The normalized spacial score (nSPS) is 8.58. The molecule has 24 heavy (non-hydrogen) atoms. The molecule has 0 unspecified atom stereocenters. The van der Waals surface area contributed by atoms with Crippen molar-refractivity contribution in [3.63, 3.8) is 0 Å². The molecule has 118 valence electrons. The Bertz CT molecular complexity index is 730. The van der Waals surface area contributed by atoms with Gasteiger partial charge in [-0.1, -0.05) is 12.1 Å². The van der Waals surface area contributed by atoms with E-state index in [1.807, 2.05) is 0 Å². The minimum Gasteiger partial charge on any atom is -0.398 e. The molecule has 10 heteroatoms. The van der Waals surface area contributed by atoms with Crippen molar-refractivity contribution in [3.8, 4) is 0 Å². The molecule has 0 spiro atoms. The Balaban J connectivity index is 0. The Kier molecular flexibility index (Phi) is 12.9. The number of rotatable bonds is 3. The second-order valence-corrected chi connectivity index (χ2v) is 5.02. The maximum atomic E-state index is 10.3. The summed E-state index contributed by atoms with van der Waals surface area (Å²) >= 11 is 7.91. The first kappa shape index (κ1) is 25.2. The number of hydrogen-bond donors (Lipinski definition) is 3. The average Bonchev–Trinajstić information content (AvgIpc) is 2.51. The number of nitrogens with two attached hydrogens (primary N) is 1. The van der Waals surface area contributed by atoms with Crippen LogP contribution < -0.4 is 5.73 Å². The molecule has 0 radical (unpaired) electrons. The van der Waals surface area contributed by atoms with Crippen LogP contribution in [-0.4, -0.2) is 17.5 Å². The Morgan fingerprint density at radius 1 is 0.917 bits per heavy atom. The van der Waals surface area contributed by atoms with Crippen LogP contribution in [0.25, 0.3) is 0 Å². The monoisotopic (exact) mass is 464 g/mol. The molecule has 2 rings (SSSR count). The zero-order valence-electron chi connectivity index (χ0n) is 12.6. The van der Waals surface area contributed by atoms with Crippen molar-refractivity contribution in [3.05, 3.63) is 57.6 Å². The third-order valence-electron chi connectivity index (χ3n) is 2.52. The molecule has 0 atom stereocenters. The van der Waals surface area contributed by atoms with Crippen LogP contribution in [-0.2, 0) is 39.0 Å². The fraction of sp³-hybridized carbons (Fsp3) is 0. The number of anilines is 1. The van der Waals surface area contributed by atoms with Crippen molar-refractivity contribution in [1.82, 2.24) is 0 Å². The summed E-state index contributed by atoms with van der Waals surface area (Å²) in [5.41, 5.74) is 6.70. The van der Waals surface area contributed by atoms with Gasteiger partial charge in [0.2, 0.25) is 0 Å². The number of nitro groups is 1. The van der Waals surface area contributed by atoms with Crippen molar-refractivity contribution < 1.29 is 53.5 Å². The number of nitrogen functional groups attached to an aromatic ring is 1. The number of thiol groups is 2. The summed E-state index contributed by atoms with van der Waals surface area (Å²) in [5.74, 6) is 0. The topological polar surface area (TPSA) is 103 Å². The fourth-order valence-corrected chi connectivity index (χ4v) is 1.77. The quantitative estimate of drug-likeness (QED) is 0.161. The van der Waals surface area contributed by atoms with Gasteiger partial charge >= 0.3 is 0 Å². The predicted octanol–water partition coefficient (Wildman–Crippen LogP) is 3.06. The summed E-state index contributed by atoms with van der Waals surface area (Å²) in [7, 11) is 0. The van der Waals surface area contributed by atoms with Gasteiger partial charge in [-0.15, -0.1) is 25.3 Å². The Labute approximate surface area is 175 Å². The maximum absolute atomic E-state index is 10.3. The van der Waals surface area contributed by atoms with Gasteiger partial charge in [0.1, 0.15) is 12.6 Å².